The molecule has 0 saturated carbocycles. The number of hydrogen-bond acceptors (Lipinski definition) is 5. The molecule has 0 N–H and O–H groups in total. The fourth-order valence-electron chi connectivity index (χ4n) is 5.15. The van der Waals surface area contributed by atoms with Crippen LogP contribution in [0.25, 0.3) is 6.08 Å². The van der Waals surface area contributed by atoms with Gasteiger partial charge in [0.1, 0.15) is 12.4 Å². The van der Waals surface area contributed by atoms with E-state index in [1.807, 2.05) is 121 Å². The Balaban J connectivity index is 1.21. The van der Waals surface area contributed by atoms with Gasteiger partial charge in [-0.2, -0.15) is 0 Å². The van der Waals surface area contributed by atoms with Gasteiger partial charge in [0.05, 0.1) is 18.8 Å². The lowest BCUT2D eigenvalue weighted by Gasteiger charge is -2.36. The average molecular weight is 576 g/mol. The SMILES string of the molecule is COc1ccccc1N1CCN(C(=O)c2ccc(C=CC(=O)N(OCc3ccccc3)C(C)c3ccccc3)cc2)CC1. The summed E-state index contributed by atoms with van der Waals surface area (Å²) in [5.41, 5.74) is 4.45. The van der Waals surface area contributed by atoms with Gasteiger partial charge in [-0.25, -0.2) is 5.06 Å². The minimum atomic E-state index is -0.287. The zero-order chi connectivity index (χ0) is 30.0. The second-order valence-electron chi connectivity index (χ2n) is 10.4. The molecule has 1 aliphatic rings. The molecule has 7 heteroatoms. The number of para-hydroxylation sites is 2. The fraction of sp³-hybridized carbons (Fsp3) is 0.222. The van der Waals surface area contributed by atoms with E-state index in [2.05, 4.69) is 4.90 Å². The number of hydroxylamine groups is 2. The van der Waals surface area contributed by atoms with Gasteiger partial charge in [-0.1, -0.05) is 84.9 Å². The zero-order valence-corrected chi connectivity index (χ0v) is 24.6. The Bertz CT molecular complexity index is 1520. The first-order valence-electron chi connectivity index (χ1n) is 14.5. The van der Waals surface area contributed by atoms with Gasteiger partial charge in [-0.3, -0.25) is 14.4 Å². The van der Waals surface area contributed by atoms with Crippen LogP contribution in [-0.2, 0) is 16.2 Å². The standard InChI is InChI=1S/C36H37N3O4/c1-28(31-13-7-4-8-14-31)39(43-27-30-11-5-3-6-12-30)35(40)22-19-29-17-20-32(21-18-29)36(41)38-25-23-37(24-26-38)33-15-9-10-16-34(33)42-2/h3-22,28H,23-27H2,1-2H3. The van der Waals surface area contributed by atoms with Crippen LogP contribution in [0, 0.1) is 0 Å². The van der Waals surface area contributed by atoms with Gasteiger partial charge >= 0.3 is 0 Å². The number of nitrogens with zero attached hydrogens (tertiary/aromatic N) is 3. The highest BCUT2D eigenvalue weighted by Gasteiger charge is 2.24. The first kappa shape index (κ1) is 29.6. The highest BCUT2D eigenvalue weighted by Crippen LogP contribution is 2.28. The molecule has 0 aromatic heterocycles. The number of rotatable bonds is 10. The summed E-state index contributed by atoms with van der Waals surface area (Å²) in [6.07, 6.45) is 3.26. The molecule has 0 spiro atoms. The van der Waals surface area contributed by atoms with Crippen molar-refractivity contribution in [2.24, 2.45) is 0 Å². The lowest BCUT2D eigenvalue weighted by atomic mass is 10.1. The van der Waals surface area contributed by atoms with E-state index in [0.29, 0.717) is 18.7 Å². The van der Waals surface area contributed by atoms with Gasteiger partial charge in [0, 0.05) is 37.8 Å². The molecule has 0 radical (unpaired) electrons. The van der Waals surface area contributed by atoms with Gasteiger partial charge in [-0.15, -0.1) is 0 Å². The third kappa shape index (κ3) is 7.50. The van der Waals surface area contributed by atoms with Gasteiger partial charge < -0.3 is 14.5 Å². The highest BCUT2D eigenvalue weighted by molar-refractivity contribution is 5.95. The summed E-state index contributed by atoms with van der Waals surface area (Å²) in [5, 5.41) is 1.42. The number of anilines is 1. The Kier molecular flexibility index (Phi) is 9.87. The van der Waals surface area contributed by atoms with E-state index >= 15 is 0 Å². The Morgan fingerprint density at radius 2 is 1.44 bits per heavy atom. The minimum Gasteiger partial charge on any atom is -0.495 e. The molecule has 0 bridgehead atoms. The number of piperazine rings is 1. The monoisotopic (exact) mass is 575 g/mol. The van der Waals surface area contributed by atoms with E-state index in [9.17, 15) is 9.59 Å². The Hall–Kier alpha value is -4.88. The average Bonchev–Trinajstić information content (AvgIpc) is 3.08. The lowest BCUT2D eigenvalue weighted by Crippen LogP contribution is -2.48. The molecular weight excluding hydrogens is 538 g/mol. The van der Waals surface area contributed by atoms with Crippen molar-refractivity contribution in [3.8, 4) is 5.75 Å². The maximum atomic E-state index is 13.3. The molecule has 4 aromatic carbocycles. The molecule has 1 atom stereocenters. The fourth-order valence-corrected chi connectivity index (χ4v) is 5.15. The number of ether oxygens (including phenoxy) is 1. The summed E-state index contributed by atoms with van der Waals surface area (Å²) >= 11 is 0. The summed E-state index contributed by atoms with van der Waals surface area (Å²) in [4.78, 5) is 36.7. The highest BCUT2D eigenvalue weighted by atomic mass is 16.7. The molecule has 2 amide bonds. The topological polar surface area (TPSA) is 62.3 Å². The number of benzene rings is 4. The molecule has 0 aliphatic carbocycles. The van der Waals surface area contributed by atoms with Crippen molar-refractivity contribution in [1.82, 2.24) is 9.96 Å². The number of methoxy groups -OCH3 is 1. The van der Waals surface area contributed by atoms with Crippen molar-refractivity contribution in [3.05, 3.63) is 138 Å². The quantitative estimate of drug-likeness (QED) is 0.162. The van der Waals surface area contributed by atoms with Crippen LogP contribution >= 0.6 is 0 Å². The molecule has 220 valence electrons. The molecule has 4 aromatic rings. The Morgan fingerprint density at radius 1 is 0.814 bits per heavy atom. The summed E-state index contributed by atoms with van der Waals surface area (Å²) in [6.45, 7) is 4.96. The molecule has 1 heterocycles. The van der Waals surface area contributed by atoms with Crippen LogP contribution in [-0.4, -0.2) is 55.1 Å². The largest absolute Gasteiger partial charge is 0.495 e. The van der Waals surface area contributed by atoms with E-state index in [4.69, 9.17) is 9.57 Å². The third-order valence-electron chi connectivity index (χ3n) is 7.63. The maximum absolute atomic E-state index is 13.3. The van der Waals surface area contributed by atoms with Crippen molar-refractivity contribution < 1.29 is 19.2 Å². The smallest absolute Gasteiger partial charge is 0.270 e. The first-order valence-corrected chi connectivity index (χ1v) is 14.5. The number of amides is 2. The predicted octanol–water partition coefficient (Wildman–Crippen LogP) is 6.39. The summed E-state index contributed by atoms with van der Waals surface area (Å²) < 4.78 is 5.50. The molecule has 7 nitrogen and oxygen atoms in total. The van der Waals surface area contributed by atoms with Crippen LogP contribution in [0.15, 0.2) is 115 Å². The van der Waals surface area contributed by atoms with Gasteiger partial charge in [-0.05, 0) is 54.0 Å². The molecule has 1 fully saturated rings. The van der Waals surface area contributed by atoms with Gasteiger partial charge in [0.25, 0.3) is 11.8 Å². The number of carbonyl (C=O) groups excluding carboxylic acids is 2. The molecule has 5 rings (SSSR count). The summed E-state index contributed by atoms with van der Waals surface area (Å²) in [6, 6.07) is 34.6. The van der Waals surface area contributed by atoms with Crippen LogP contribution in [0.4, 0.5) is 5.69 Å². The first-order chi connectivity index (χ1) is 21.0. The van der Waals surface area contributed by atoms with Crippen LogP contribution < -0.4 is 9.64 Å². The maximum Gasteiger partial charge on any atom is 0.270 e. The van der Waals surface area contributed by atoms with E-state index in [-0.39, 0.29) is 24.5 Å². The Labute approximate surface area is 253 Å². The van der Waals surface area contributed by atoms with Crippen molar-refractivity contribution in [2.45, 2.75) is 19.6 Å². The lowest BCUT2D eigenvalue weighted by molar-refractivity contribution is -0.200. The zero-order valence-electron chi connectivity index (χ0n) is 24.6. The van der Waals surface area contributed by atoms with E-state index in [1.54, 1.807) is 13.2 Å². The molecule has 1 saturated heterocycles. The van der Waals surface area contributed by atoms with Crippen LogP contribution in [0.3, 0.4) is 0 Å². The van der Waals surface area contributed by atoms with Crippen molar-refractivity contribution in [1.29, 1.82) is 0 Å². The van der Waals surface area contributed by atoms with Gasteiger partial charge in [0.2, 0.25) is 0 Å². The summed E-state index contributed by atoms with van der Waals surface area (Å²) in [5.74, 6) is 0.577. The number of carbonyl (C=O) groups is 2. The molecule has 1 unspecified atom stereocenters. The minimum absolute atomic E-state index is 0.00320. The van der Waals surface area contributed by atoms with E-state index < -0.39 is 0 Å². The van der Waals surface area contributed by atoms with Crippen molar-refractivity contribution >= 4 is 23.6 Å². The normalized spacial score (nSPS) is 14.0. The van der Waals surface area contributed by atoms with Crippen LogP contribution in [0.2, 0.25) is 0 Å². The van der Waals surface area contributed by atoms with E-state index in [0.717, 1.165) is 41.2 Å². The van der Waals surface area contributed by atoms with E-state index in [1.165, 1.54) is 11.1 Å². The third-order valence-corrected chi connectivity index (χ3v) is 7.63. The second kappa shape index (κ2) is 14.3. The van der Waals surface area contributed by atoms with Gasteiger partial charge in [0.15, 0.2) is 0 Å². The molecule has 43 heavy (non-hydrogen) atoms. The van der Waals surface area contributed by atoms with Crippen LogP contribution in [0.1, 0.15) is 40.0 Å². The number of hydrogen-bond donors (Lipinski definition) is 0. The Morgan fingerprint density at radius 3 is 2.12 bits per heavy atom. The summed E-state index contributed by atoms with van der Waals surface area (Å²) in [7, 11) is 1.68. The van der Waals surface area contributed by atoms with Crippen molar-refractivity contribution in [3.63, 3.8) is 0 Å². The predicted molar refractivity (Wildman–Crippen MR) is 170 cm³/mol. The van der Waals surface area contributed by atoms with Crippen molar-refractivity contribution in [2.75, 3.05) is 38.2 Å². The molecular formula is C36H37N3O4. The second-order valence-corrected chi connectivity index (χ2v) is 10.4. The molecule has 1 aliphatic heterocycles. The van der Waals surface area contributed by atoms with Crippen LogP contribution in [0.5, 0.6) is 5.75 Å².